The second kappa shape index (κ2) is 5.89. The molecule has 110 valence electrons. The van der Waals surface area contributed by atoms with E-state index in [2.05, 4.69) is 0 Å². The monoisotopic (exact) mass is 326 g/mol. The summed E-state index contributed by atoms with van der Waals surface area (Å²) in [5, 5.41) is 7.01. The zero-order valence-electron chi connectivity index (χ0n) is 10.2. The number of hydrogen-bond donors (Lipinski definition) is 1. The van der Waals surface area contributed by atoms with Crippen molar-refractivity contribution in [1.82, 2.24) is 0 Å². The SMILES string of the molecule is CCC(C#N)S(=O)(=O)Nc1ccc(C(F)(F)F)cc1Cl. The Morgan fingerprint density at radius 1 is 1.45 bits per heavy atom. The minimum Gasteiger partial charge on any atom is -0.281 e. The number of nitriles is 1. The van der Waals surface area contributed by atoms with Gasteiger partial charge in [-0.25, -0.2) is 8.42 Å². The van der Waals surface area contributed by atoms with Crippen LogP contribution in [0, 0.1) is 11.3 Å². The average molecular weight is 327 g/mol. The molecule has 0 aliphatic heterocycles. The summed E-state index contributed by atoms with van der Waals surface area (Å²) >= 11 is 5.62. The van der Waals surface area contributed by atoms with Crippen LogP contribution in [0.1, 0.15) is 18.9 Å². The van der Waals surface area contributed by atoms with Crippen molar-refractivity contribution < 1.29 is 21.6 Å². The van der Waals surface area contributed by atoms with Gasteiger partial charge in [0.05, 0.1) is 22.3 Å². The Morgan fingerprint density at radius 2 is 2.05 bits per heavy atom. The van der Waals surface area contributed by atoms with Crippen molar-refractivity contribution in [3.8, 4) is 6.07 Å². The highest BCUT2D eigenvalue weighted by atomic mass is 35.5. The zero-order chi connectivity index (χ0) is 15.6. The molecule has 1 rings (SSSR count). The number of nitrogens with zero attached hydrogens (tertiary/aromatic N) is 1. The van der Waals surface area contributed by atoms with Crippen molar-refractivity contribution in [2.45, 2.75) is 24.8 Å². The molecule has 0 aliphatic rings. The molecule has 0 aromatic heterocycles. The maximum absolute atomic E-state index is 12.4. The first-order valence-electron chi connectivity index (χ1n) is 5.39. The summed E-state index contributed by atoms with van der Waals surface area (Å²) in [4.78, 5) is 0. The third kappa shape index (κ3) is 3.77. The summed E-state index contributed by atoms with van der Waals surface area (Å²) in [6.07, 6.45) is -4.52. The van der Waals surface area contributed by atoms with Gasteiger partial charge in [-0.1, -0.05) is 18.5 Å². The molecule has 1 atom stereocenters. The second-order valence-electron chi connectivity index (χ2n) is 3.87. The molecule has 0 fully saturated rings. The van der Waals surface area contributed by atoms with Crippen LogP contribution in [-0.4, -0.2) is 13.7 Å². The third-order valence-electron chi connectivity index (χ3n) is 2.44. The van der Waals surface area contributed by atoms with Crippen molar-refractivity contribution >= 4 is 27.3 Å². The molecule has 1 unspecified atom stereocenters. The molecule has 9 heteroatoms. The normalized spacial score (nSPS) is 13.6. The van der Waals surface area contributed by atoms with Crippen LogP contribution >= 0.6 is 11.6 Å². The Kier molecular flexibility index (Phi) is 4.89. The van der Waals surface area contributed by atoms with Gasteiger partial charge in [-0.15, -0.1) is 0 Å². The largest absolute Gasteiger partial charge is 0.416 e. The summed E-state index contributed by atoms with van der Waals surface area (Å²) in [6, 6.07) is 3.83. The Labute approximate surface area is 119 Å². The van der Waals surface area contributed by atoms with Crippen LogP contribution in [0.4, 0.5) is 18.9 Å². The third-order valence-corrected chi connectivity index (χ3v) is 4.44. The van der Waals surface area contributed by atoms with Crippen LogP contribution in [0.2, 0.25) is 5.02 Å². The predicted octanol–water partition coefficient (Wildman–Crippen LogP) is 3.40. The number of hydrogen-bond acceptors (Lipinski definition) is 3. The van der Waals surface area contributed by atoms with Crippen LogP contribution in [-0.2, 0) is 16.2 Å². The average Bonchev–Trinajstić information content (AvgIpc) is 2.31. The lowest BCUT2D eigenvalue weighted by molar-refractivity contribution is -0.137. The van der Waals surface area contributed by atoms with E-state index in [1.807, 2.05) is 4.72 Å². The van der Waals surface area contributed by atoms with E-state index in [-0.39, 0.29) is 12.1 Å². The maximum Gasteiger partial charge on any atom is 0.416 e. The van der Waals surface area contributed by atoms with Crippen molar-refractivity contribution in [2.75, 3.05) is 4.72 Å². The summed E-state index contributed by atoms with van der Waals surface area (Å²) in [7, 11) is -4.02. The molecule has 0 heterocycles. The molecule has 0 spiro atoms. The van der Waals surface area contributed by atoms with Gasteiger partial charge in [0.25, 0.3) is 0 Å². The van der Waals surface area contributed by atoms with E-state index in [0.717, 1.165) is 6.07 Å². The van der Waals surface area contributed by atoms with E-state index >= 15 is 0 Å². The zero-order valence-corrected chi connectivity index (χ0v) is 11.8. The first kappa shape index (κ1) is 16.6. The molecule has 1 aromatic rings. The fourth-order valence-electron chi connectivity index (χ4n) is 1.38. The van der Waals surface area contributed by atoms with Crippen molar-refractivity contribution in [2.24, 2.45) is 0 Å². The Hall–Kier alpha value is -1.46. The van der Waals surface area contributed by atoms with E-state index in [1.165, 1.54) is 6.92 Å². The molecular formula is C11H10ClF3N2O2S. The Balaban J connectivity index is 3.10. The lowest BCUT2D eigenvalue weighted by Crippen LogP contribution is -2.26. The van der Waals surface area contributed by atoms with Crippen molar-refractivity contribution in [3.05, 3.63) is 28.8 Å². The number of nitrogens with one attached hydrogen (secondary N) is 1. The first-order chi connectivity index (χ1) is 9.11. The molecular weight excluding hydrogens is 317 g/mol. The summed E-state index contributed by atoms with van der Waals surface area (Å²) < 4.78 is 62.9. The lowest BCUT2D eigenvalue weighted by Gasteiger charge is -2.14. The highest BCUT2D eigenvalue weighted by molar-refractivity contribution is 7.93. The van der Waals surface area contributed by atoms with E-state index in [1.54, 1.807) is 6.07 Å². The van der Waals surface area contributed by atoms with E-state index in [0.29, 0.717) is 12.1 Å². The summed E-state index contributed by atoms with van der Waals surface area (Å²) in [5.74, 6) is 0. The topological polar surface area (TPSA) is 70.0 Å². The van der Waals surface area contributed by atoms with Gasteiger partial charge < -0.3 is 0 Å². The fourth-order valence-corrected chi connectivity index (χ4v) is 2.87. The number of halogens is 4. The summed E-state index contributed by atoms with van der Waals surface area (Å²) in [6.45, 7) is 1.50. The number of rotatable bonds is 4. The second-order valence-corrected chi connectivity index (χ2v) is 6.14. The molecule has 4 nitrogen and oxygen atoms in total. The Bertz CT molecular complexity index is 638. The van der Waals surface area contributed by atoms with Gasteiger partial charge in [0.2, 0.25) is 10.0 Å². The molecule has 0 saturated carbocycles. The van der Waals surface area contributed by atoms with Crippen molar-refractivity contribution in [3.63, 3.8) is 0 Å². The van der Waals surface area contributed by atoms with Crippen LogP contribution in [0.3, 0.4) is 0 Å². The molecule has 0 saturated heterocycles. The number of sulfonamides is 1. The number of anilines is 1. The highest BCUT2D eigenvalue weighted by Crippen LogP contribution is 2.34. The van der Waals surface area contributed by atoms with Gasteiger partial charge in [-0.3, -0.25) is 4.72 Å². The Morgan fingerprint density at radius 3 is 2.45 bits per heavy atom. The smallest absolute Gasteiger partial charge is 0.281 e. The molecule has 0 bridgehead atoms. The van der Waals surface area contributed by atoms with Gasteiger partial charge in [0.15, 0.2) is 5.25 Å². The minimum absolute atomic E-state index is 0.0457. The van der Waals surface area contributed by atoms with Gasteiger partial charge in [-0.2, -0.15) is 18.4 Å². The van der Waals surface area contributed by atoms with E-state index < -0.39 is 32.0 Å². The van der Waals surface area contributed by atoms with Crippen LogP contribution < -0.4 is 4.72 Å². The van der Waals surface area contributed by atoms with Crippen LogP contribution in [0.25, 0.3) is 0 Å². The van der Waals surface area contributed by atoms with E-state index in [4.69, 9.17) is 16.9 Å². The molecule has 0 amide bonds. The van der Waals surface area contributed by atoms with E-state index in [9.17, 15) is 21.6 Å². The lowest BCUT2D eigenvalue weighted by atomic mass is 10.2. The minimum atomic E-state index is -4.57. The molecule has 0 aliphatic carbocycles. The molecule has 0 radical (unpaired) electrons. The van der Waals surface area contributed by atoms with Crippen LogP contribution in [0.5, 0.6) is 0 Å². The fraction of sp³-hybridized carbons (Fsp3) is 0.364. The maximum atomic E-state index is 12.4. The molecule has 1 N–H and O–H groups in total. The predicted molar refractivity (Wildman–Crippen MR) is 68.7 cm³/mol. The summed E-state index contributed by atoms with van der Waals surface area (Å²) in [5.41, 5.74) is -1.19. The number of benzene rings is 1. The van der Waals surface area contributed by atoms with Crippen LogP contribution in [0.15, 0.2) is 18.2 Å². The quantitative estimate of drug-likeness (QED) is 0.921. The van der Waals surface area contributed by atoms with Gasteiger partial charge in [0, 0.05) is 0 Å². The van der Waals surface area contributed by atoms with Gasteiger partial charge in [0.1, 0.15) is 0 Å². The number of alkyl halides is 3. The standard InChI is InChI=1S/C11H10ClF3N2O2S/c1-2-8(6-16)20(18,19)17-10-4-3-7(5-9(10)12)11(13,14)15/h3-5,8,17H,2H2,1H3. The van der Waals surface area contributed by atoms with Gasteiger partial charge in [-0.05, 0) is 24.6 Å². The molecule has 20 heavy (non-hydrogen) atoms. The highest BCUT2D eigenvalue weighted by Gasteiger charge is 2.31. The van der Waals surface area contributed by atoms with Gasteiger partial charge >= 0.3 is 6.18 Å². The molecule has 1 aromatic carbocycles. The van der Waals surface area contributed by atoms with Crippen molar-refractivity contribution in [1.29, 1.82) is 5.26 Å². The first-order valence-corrected chi connectivity index (χ1v) is 7.32.